The minimum Gasteiger partial charge on any atom is -0.351 e. The van der Waals surface area contributed by atoms with E-state index in [0.29, 0.717) is 22.1 Å². The topological polar surface area (TPSA) is 53.8 Å². The number of rotatable bonds is 7. The number of alkyl halides is 3. The van der Waals surface area contributed by atoms with Gasteiger partial charge in [0.25, 0.3) is 5.91 Å². The SMILES string of the molecule is C=N/C(=N\C=C(/C)C(C)(CNC(=O)c1ccccc1Cl)CC1CC1)C(F)(F)F. The van der Waals surface area contributed by atoms with Crippen LogP contribution in [-0.2, 0) is 0 Å². The number of benzene rings is 1. The van der Waals surface area contributed by atoms with Crippen LogP contribution in [-0.4, -0.2) is 31.2 Å². The van der Waals surface area contributed by atoms with Crippen molar-refractivity contribution in [1.29, 1.82) is 0 Å². The fourth-order valence-corrected chi connectivity index (χ4v) is 3.09. The summed E-state index contributed by atoms with van der Waals surface area (Å²) >= 11 is 6.06. The summed E-state index contributed by atoms with van der Waals surface area (Å²) < 4.78 is 38.4. The van der Waals surface area contributed by atoms with E-state index in [1.54, 1.807) is 31.2 Å². The highest BCUT2D eigenvalue weighted by Gasteiger charge is 2.37. The molecule has 152 valence electrons. The zero-order valence-corrected chi connectivity index (χ0v) is 16.6. The minimum atomic E-state index is -4.66. The maximum absolute atomic E-state index is 12.8. The number of amidine groups is 1. The summed E-state index contributed by atoms with van der Waals surface area (Å²) in [4.78, 5) is 18.9. The molecule has 1 atom stereocenters. The highest BCUT2D eigenvalue weighted by molar-refractivity contribution is 6.33. The monoisotopic (exact) mass is 413 g/mol. The number of aliphatic imine (C=N–C) groups is 2. The van der Waals surface area contributed by atoms with E-state index >= 15 is 0 Å². The highest BCUT2D eigenvalue weighted by atomic mass is 35.5. The quantitative estimate of drug-likeness (QED) is 0.469. The standard InChI is InChI=1S/C20H23ClF3N3O/c1-13(11-26-18(25-3)20(22,23)24)19(2,10-14-8-9-14)12-27-17(28)15-6-4-5-7-16(15)21/h4-7,11,14H,3,8-10,12H2,1-2H3,(H,27,28)/b13-11+,26-18-. The molecular formula is C20H23ClF3N3O. The van der Waals surface area contributed by atoms with Crippen LogP contribution in [0, 0.1) is 11.3 Å². The molecule has 1 aromatic carbocycles. The Morgan fingerprint density at radius 2 is 2.00 bits per heavy atom. The number of carbonyl (C=O) groups excluding carboxylic acids is 1. The molecule has 2 rings (SSSR count). The predicted molar refractivity (Wildman–Crippen MR) is 106 cm³/mol. The Kier molecular flexibility index (Phi) is 7.04. The van der Waals surface area contributed by atoms with Crippen LogP contribution in [0.3, 0.4) is 0 Å². The second-order valence-corrected chi connectivity index (χ2v) is 7.70. The number of hydrogen-bond donors (Lipinski definition) is 1. The van der Waals surface area contributed by atoms with Crippen molar-refractivity contribution in [2.45, 2.75) is 39.3 Å². The van der Waals surface area contributed by atoms with Crippen LogP contribution in [0.25, 0.3) is 0 Å². The summed E-state index contributed by atoms with van der Waals surface area (Å²) in [5.74, 6) is -1.12. The lowest BCUT2D eigenvalue weighted by atomic mass is 9.78. The largest absolute Gasteiger partial charge is 0.451 e. The van der Waals surface area contributed by atoms with E-state index in [4.69, 9.17) is 11.6 Å². The van der Waals surface area contributed by atoms with Crippen LogP contribution in [0.4, 0.5) is 13.2 Å². The van der Waals surface area contributed by atoms with E-state index in [-0.39, 0.29) is 12.5 Å². The van der Waals surface area contributed by atoms with E-state index in [2.05, 4.69) is 22.0 Å². The van der Waals surface area contributed by atoms with Crippen molar-refractivity contribution in [3.8, 4) is 0 Å². The number of carbonyl (C=O) groups is 1. The first-order valence-electron chi connectivity index (χ1n) is 8.88. The molecule has 1 aromatic rings. The van der Waals surface area contributed by atoms with Crippen LogP contribution in [0.2, 0.25) is 5.02 Å². The lowest BCUT2D eigenvalue weighted by Crippen LogP contribution is -2.37. The van der Waals surface area contributed by atoms with Crippen molar-refractivity contribution in [2.75, 3.05) is 6.54 Å². The van der Waals surface area contributed by atoms with Gasteiger partial charge in [0.15, 0.2) is 0 Å². The molecule has 28 heavy (non-hydrogen) atoms. The molecule has 0 spiro atoms. The maximum atomic E-state index is 12.8. The smallest absolute Gasteiger partial charge is 0.351 e. The van der Waals surface area contributed by atoms with Gasteiger partial charge in [0, 0.05) is 18.2 Å². The van der Waals surface area contributed by atoms with E-state index in [1.807, 2.05) is 6.92 Å². The molecular weight excluding hydrogens is 391 g/mol. The van der Waals surface area contributed by atoms with Crippen LogP contribution in [0.15, 0.2) is 46.0 Å². The summed E-state index contributed by atoms with van der Waals surface area (Å²) in [6.07, 6.45) is -0.596. The zero-order valence-electron chi connectivity index (χ0n) is 15.8. The average molecular weight is 414 g/mol. The molecule has 0 aliphatic heterocycles. The first-order chi connectivity index (χ1) is 13.1. The average Bonchev–Trinajstić information content (AvgIpc) is 3.43. The molecule has 1 aliphatic rings. The molecule has 1 saturated carbocycles. The van der Waals surface area contributed by atoms with Gasteiger partial charge in [0.1, 0.15) is 0 Å². The Hall–Kier alpha value is -2.15. The molecule has 0 radical (unpaired) electrons. The summed E-state index contributed by atoms with van der Waals surface area (Å²) in [5.41, 5.74) is 0.441. The normalized spacial score (nSPS) is 17.8. The Bertz CT molecular complexity index is 800. The van der Waals surface area contributed by atoms with Crippen molar-refractivity contribution >= 4 is 30.1 Å². The van der Waals surface area contributed by atoms with Crippen LogP contribution in [0.5, 0.6) is 0 Å². The summed E-state index contributed by atoms with van der Waals surface area (Å²) in [5, 5.41) is 3.20. The number of nitrogens with zero attached hydrogens (tertiary/aromatic N) is 2. The van der Waals surface area contributed by atoms with Gasteiger partial charge >= 0.3 is 6.18 Å². The fourth-order valence-electron chi connectivity index (χ4n) is 2.87. The Labute approximate surface area is 167 Å². The molecule has 1 fully saturated rings. The lowest BCUT2D eigenvalue weighted by Gasteiger charge is -2.31. The molecule has 0 bridgehead atoms. The summed E-state index contributed by atoms with van der Waals surface area (Å²) in [6, 6.07) is 6.69. The van der Waals surface area contributed by atoms with Crippen molar-refractivity contribution in [3.63, 3.8) is 0 Å². The molecule has 0 saturated heterocycles. The van der Waals surface area contributed by atoms with E-state index < -0.39 is 17.4 Å². The molecule has 1 unspecified atom stereocenters. The first-order valence-corrected chi connectivity index (χ1v) is 9.26. The van der Waals surface area contributed by atoms with E-state index in [1.165, 1.54) is 6.20 Å². The number of amides is 1. The Balaban J connectivity index is 2.19. The van der Waals surface area contributed by atoms with E-state index in [9.17, 15) is 18.0 Å². The number of nitrogens with one attached hydrogen (secondary N) is 1. The zero-order chi connectivity index (χ0) is 20.9. The molecule has 1 amide bonds. The van der Waals surface area contributed by atoms with Gasteiger partial charge in [-0.2, -0.15) is 13.2 Å². The van der Waals surface area contributed by atoms with Gasteiger partial charge in [0.05, 0.1) is 10.6 Å². The van der Waals surface area contributed by atoms with Crippen molar-refractivity contribution in [3.05, 3.63) is 46.6 Å². The van der Waals surface area contributed by atoms with Gasteiger partial charge < -0.3 is 5.32 Å². The van der Waals surface area contributed by atoms with Gasteiger partial charge in [-0.1, -0.05) is 43.5 Å². The Morgan fingerprint density at radius 1 is 1.36 bits per heavy atom. The molecule has 1 aliphatic carbocycles. The number of hydrogen-bond acceptors (Lipinski definition) is 2. The van der Waals surface area contributed by atoms with Crippen molar-refractivity contribution in [1.82, 2.24) is 5.32 Å². The maximum Gasteiger partial charge on any atom is 0.451 e. The van der Waals surface area contributed by atoms with E-state index in [0.717, 1.165) is 19.3 Å². The van der Waals surface area contributed by atoms with Gasteiger partial charge in [-0.3, -0.25) is 4.79 Å². The molecule has 1 N–H and O–H groups in total. The minimum absolute atomic E-state index is 0.258. The third-order valence-electron chi connectivity index (χ3n) is 4.93. The van der Waals surface area contributed by atoms with Gasteiger partial charge in [-0.25, -0.2) is 9.98 Å². The summed E-state index contributed by atoms with van der Waals surface area (Å²) in [6.45, 7) is 6.81. The third kappa shape index (κ3) is 5.92. The van der Waals surface area contributed by atoms with Gasteiger partial charge in [-0.15, -0.1) is 0 Å². The lowest BCUT2D eigenvalue weighted by molar-refractivity contribution is -0.0596. The molecule has 8 heteroatoms. The second-order valence-electron chi connectivity index (χ2n) is 7.29. The first kappa shape index (κ1) is 22.1. The molecule has 0 aromatic heterocycles. The third-order valence-corrected chi connectivity index (χ3v) is 5.26. The Morgan fingerprint density at radius 3 is 2.54 bits per heavy atom. The van der Waals surface area contributed by atoms with Crippen LogP contribution >= 0.6 is 11.6 Å². The molecule has 0 heterocycles. The van der Waals surface area contributed by atoms with Crippen LogP contribution < -0.4 is 5.32 Å². The van der Waals surface area contributed by atoms with Crippen molar-refractivity contribution < 1.29 is 18.0 Å². The van der Waals surface area contributed by atoms with Gasteiger partial charge in [0.2, 0.25) is 5.84 Å². The number of halogens is 4. The highest BCUT2D eigenvalue weighted by Crippen LogP contribution is 2.43. The van der Waals surface area contributed by atoms with Gasteiger partial charge in [-0.05, 0) is 43.7 Å². The van der Waals surface area contributed by atoms with Crippen molar-refractivity contribution in [2.24, 2.45) is 21.3 Å². The second kappa shape index (κ2) is 8.90. The summed E-state index contributed by atoms with van der Waals surface area (Å²) in [7, 11) is 0. The molecule has 4 nitrogen and oxygen atoms in total. The fraction of sp³-hybridized carbons (Fsp3) is 0.450. The predicted octanol–water partition coefficient (Wildman–Crippen LogP) is 5.44. The van der Waals surface area contributed by atoms with Crippen LogP contribution in [0.1, 0.15) is 43.5 Å².